The molecule has 5 rings (SSSR count). The van der Waals surface area contributed by atoms with E-state index in [1.54, 1.807) is 61.5 Å². The molecule has 0 bridgehead atoms. The molecule has 3 amide bonds. The van der Waals surface area contributed by atoms with Crippen molar-refractivity contribution in [2.24, 2.45) is 5.92 Å². The minimum absolute atomic E-state index is 0.0202. The quantitative estimate of drug-likeness (QED) is 0.232. The number of tetrazole rings is 1. The number of nitrogens with zero attached hydrogens (tertiary/aromatic N) is 7. The van der Waals surface area contributed by atoms with Crippen molar-refractivity contribution in [1.82, 2.24) is 40.6 Å². The first-order chi connectivity index (χ1) is 22.2. The molecule has 2 aromatic heterocycles. The Kier molecular flexibility index (Phi) is 10.6. The molecule has 0 radical (unpaired) electrons. The molecule has 4 aromatic rings. The Morgan fingerprint density at radius 3 is 2.63 bits per heavy atom. The van der Waals surface area contributed by atoms with Gasteiger partial charge in [-0.05, 0) is 83.6 Å². The molecule has 13 nitrogen and oxygen atoms in total. The van der Waals surface area contributed by atoms with E-state index in [1.165, 1.54) is 24.2 Å². The van der Waals surface area contributed by atoms with Gasteiger partial charge in [-0.1, -0.05) is 35.3 Å². The lowest BCUT2D eigenvalue weighted by atomic mass is 9.89. The Hall–Kier alpha value is -4.88. The average molecular weight is 665 g/mol. The maximum atomic E-state index is 13.4. The Morgan fingerprint density at radius 1 is 1.11 bits per heavy atom. The first-order valence-electron chi connectivity index (χ1n) is 14.5. The Bertz CT molecular complexity index is 1730. The highest BCUT2D eigenvalue weighted by molar-refractivity contribution is 6.32. The highest BCUT2D eigenvalue weighted by Crippen LogP contribution is 2.32. The summed E-state index contributed by atoms with van der Waals surface area (Å²) in [5.74, 6) is -0.230. The summed E-state index contributed by atoms with van der Waals surface area (Å²) in [6.45, 7) is 2.85. The van der Waals surface area contributed by atoms with Gasteiger partial charge in [0.25, 0.3) is 0 Å². The second-order valence-electron chi connectivity index (χ2n) is 10.7. The van der Waals surface area contributed by atoms with E-state index < -0.39 is 12.1 Å². The van der Waals surface area contributed by atoms with Crippen LogP contribution < -0.4 is 10.6 Å². The normalized spacial score (nSPS) is 15.4. The van der Waals surface area contributed by atoms with E-state index in [0.717, 1.165) is 18.4 Å². The van der Waals surface area contributed by atoms with E-state index in [9.17, 15) is 14.4 Å². The van der Waals surface area contributed by atoms with Gasteiger partial charge in [0, 0.05) is 47.9 Å². The molecule has 2 N–H and O–H groups in total. The summed E-state index contributed by atoms with van der Waals surface area (Å²) in [5.41, 5.74) is 3.66. The molecule has 3 heterocycles. The van der Waals surface area contributed by atoms with Crippen molar-refractivity contribution in [1.29, 1.82) is 0 Å². The number of amides is 3. The number of hydrogen-bond donors (Lipinski definition) is 2. The number of piperidine rings is 1. The van der Waals surface area contributed by atoms with Crippen LogP contribution in [0.3, 0.4) is 0 Å². The third kappa shape index (κ3) is 8.23. The largest absolute Gasteiger partial charge is 0.453 e. The van der Waals surface area contributed by atoms with Gasteiger partial charge in [-0.3, -0.25) is 14.9 Å². The fraction of sp³-hybridized carbons (Fsp3) is 0.290. The van der Waals surface area contributed by atoms with Crippen LogP contribution in [0, 0.1) is 5.92 Å². The number of aromatic nitrogens is 6. The fourth-order valence-corrected chi connectivity index (χ4v) is 5.70. The topological polar surface area (TPSA) is 157 Å². The van der Waals surface area contributed by atoms with E-state index in [-0.39, 0.29) is 22.9 Å². The Balaban J connectivity index is 1.42. The number of nitrogens with one attached hydrogen (secondary N) is 2. The summed E-state index contributed by atoms with van der Waals surface area (Å²) < 4.78 is 6.12. The van der Waals surface area contributed by atoms with Crippen LogP contribution in [0.2, 0.25) is 10.2 Å². The summed E-state index contributed by atoms with van der Waals surface area (Å²) >= 11 is 12.7. The van der Waals surface area contributed by atoms with Gasteiger partial charge in [0.2, 0.25) is 11.8 Å². The zero-order valence-electron chi connectivity index (χ0n) is 25.1. The van der Waals surface area contributed by atoms with E-state index in [1.807, 2.05) is 4.90 Å². The number of halogens is 2. The zero-order valence-corrected chi connectivity index (χ0v) is 26.6. The number of likely N-dealkylation sites (tertiary alicyclic amines) is 1. The van der Waals surface area contributed by atoms with E-state index in [0.29, 0.717) is 52.7 Å². The maximum Gasteiger partial charge on any atom is 0.411 e. The number of anilines is 1. The highest BCUT2D eigenvalue weighted by atomic mass is 35.5. The van der Waals surface area contributed by atoms with Crippen molar-refractivity contribution in [3.05, 3.63) is 82.4 Å². The molecule has 2 atom stereocenters. The molecular weight excluding hydrogens is 633 g/mol. The summed E-state index contributed by atoms with van der Waals surface area (Å²) in [6.07, 6.45) is 6.19. The molecule has 238 valence electrons. The van der Waals surface area contributed by atoms with E-state index >= 15 is 0 Å². The number of ether oxygens (including phenoxy) is 1. The lowest BCUT2D eigenvalue weighted by molar-refractivity contribution is -0.130. The average Bonchev–Trinajstić information content (AvgIpc) is 3.59. The molecule has 0 aliphatic carbocycles. The predicted molar refractivity (Wildman–Crippen MR) is 172 cm³/mol. The molecule has 0 unspecified atom stereocenters. The summed E-state index contributed by atoms with van der Waals surface area (Å²) in [7, 11) is 1.29. The molecule has 1 fully saturated rings. The molecule has 15 heteroatoms. The molecule has 1 aliphatic rings. The molecule has 1 saturated heterocycles. The van der Waals surface area contributed by atoms with Crippen molar-refractivity contribution in [3.63, 3.8) is 0 Å². The van der Waals surface area contributed by atoms with Crippen LogP contribution in [0.4, 0.5) is 10.5 Å². The van der Waals surface area contributed by atoms with Crippen molar-refractivity contribution in [2.75, 3.05) is 25.5 Å². The lowest BCUT2D eigenvalue weighted by Crippen LogP contribution is -2.40. The van der Waals surface area contributed by atoms with Crippen LogP contribution in [-0.2, 0) is 14.3 Å². The van der Waals surface area contributed by atoms with Crippen molar-refractivity contribution >= 4 is 52.9 Å². The lowest BCUT2D eigenvalue weighted by Gasteiger charge is -2.34. The van der Waals surface area contributed by atoms with Gasteiger partial charge in [-0.2, -0.15) is 9.78 Å². The third-order valence-electron chi connectivity index (χ3n) is 7.60. The van der Waals surface area contributed by atoms with Crippen LogP contribution in [0.1, 0.15) is 43.5 Å². The fourth-order valence-electron chi connectivity index (χ4n) is 5.32. The van der Waals surface area contributed by atoms with E-state index in [4.69, 9.17) is 23.2 Å². The maximum absolute atomic E-state index is 13.4. The number of hydrogen-bond acceptors (Lipinski definition) is 9. The standard InChI is InChI=1S/C31H31Cl2N9O4/c1-19(43)41-13-3-4-20(17-41)14-26(36-29(44)12-7-22-15-23(32)8-11-28(22)42-18-34-39-40-42)27-16-25(30(33)38-37-27)21-5-9-24(10-6-21)35-31(45)46-2/h5-12,15-16,18,20,26H,3-4,13-14,17H2,1-2H3,(H,35,45)(H,36,44)/b12-7+/t20-,26+/m1/s1. The monoisotopic (exact) mass is 663 g/mol. The van der Waals surface area contributed by atoms with Crippen molar-refractivity contribution in [3.8, 4) is 16.8 Å². The molecular formula is C31H31Cl2N9O4. The molecule has 0 spiro atoms. The first kappa shape index (κ1) is 32.5. The van der Waals surface area contributed by atoms with Crippen LogP contribution in [0.15, 0.2) is 60.9 Å². The molecule has 46 heavy (non-hydrogen) atoms. The predicted octanol–water partition coefficient (Wildman–Crippen LogP) is 5.12. The van der Waals surface area contributed by atoms with Crippen LogP contribution in [0.5, 0.6) is 0 Å². The van der Waals surface area contributed by atoms with Gasteiger partial charge in [0.15, 0.2) is 5.15 Å². The summed E-state index contributed by atoms with van der Waals surface area (Å²) in [6, 6.07) is 13.4. The van der Waals surface area contributed by atoms with Gasteiger partial charge in [-0.25, -0.2) is 4.79 Å². The highest BCUT2D eigenvalue weighted by Gasteiger charge is 2.27. The molecule has 2 aromatic carbocycles. The van der Waals surface area contributed by atoms with Crippen LogP contribution in [-0.4, -0.2) is 73.4 Å². The summed E-state index contributed by atoms with van der Waals surface area (Å²) in [4.78, 5) is 38.9. The Labute approximate surface area is 274 Å². The third-order valence-corrected chi connectivity index (χ3v) is 8.12. The number of carbonyl (C=O) groups is 3. The minimum Gasteiger partial charge on any atom is -0.453 e. The number of methoxy groups -OCH3 is 1. The van der Waals surface area contributed by atoms with Gasteiger partial charge < -0.3 is 15.0 Å². The number of rotatable bonds is 9. The SMILES string of the molecule is COC(=O)Nc1ccc(-c2cc([C@H](C[C@H]3CCCN(C(C)=O)C3)NC(=O)/C=C/c3cc(Cl)ccc3-n3cnnn3)nnc2Cl)cc1. The number of benzene rings is 2. The first-order valence-corrected chi connectivity index (χ1v) is 15.2. The second kappa shape index (κ2) is 14.9. The van der Waals surface area contributed by atoms with Crippen molar-refractivity contribution in [2.45, 2.75) is 32.2 Å². The minimum atomic E-state index is -0.584. The van der Waals surface area contributed by atoms with Gasteiger partial charge in [0.1, 0.15) is 6.33 Å². The number of carbonyl (C=O) groups excluding carboxylic acids is 3. The Morgan fingerprint density at radius 2 is 1.91 bits per heavy atom. The van der Waals surface area contributed by atoms with Crippen LogP contribution >= 0.6 is 23.2 Å². The van der Waals surface area contributed by atoms with Crippen molar-refractivity contribution < 1.29 is 19.1 Å². The van der Waals surface area contributed by atoms with Gasteiger partial charge in [0.05, 0.1) is 24.5 Å². The zero-order chi connectivity index (χ0) is 32.6. The van der Waals surface area contributed by atoms with Gasteiger partial charge in [-0.15, -0.1) is 10.2 Å². The summed E-state index contributed by atoms with van der Waals surface area (Å²) in [5, 5.41) is 26.2. The second-order valence-corrected chi connectivity index (χ2v) is 11.5. The molecule has 0 saturated carbocycles. The van der Waals surface area contributed by atoms with E-state index in [2.05, 4.69) is 41.1 Å². The van der Waals surface area contributed by atoms with Crippen LogP contribution in [0.25, 0.3) is 22.9 Å². The molecule has 1 aliphatic heterocycles. The van der Waals surface area contributed by atoms with Gasteiger partial charge >= 0.3 is 6.09 Å². The smallest absolute Gasteiger partial charge is 0.411 e.